The number of nitrogens with one attached hydrogen (secondary N) is 2. The molecule has 0 aromatic heterocycles. The highest BCUT2D eigenvalue weighted by molar-refractivity contribution is 5.85. The molecule has 2 amide bonds. The summed E-state index contributed by atoms with van der Waals surface area (Å²) in [6.07, 6.45) is -0.390. The van der Waals surface area contributed by atoms with Crippen molar-refractivity contribution >= 4 is 18.0 Å². The largest absolute Gasteiger partial charge is 0.466 e. The quantitative estimate of drug-likeness (QED) is 0.522. The van der Waals surface area contributed by atoms with Crippen LogP contribution >= 0.6 is 0 Å². The first-order valence-corrected chi connectivity index (χ1v) is 9.22. The van der Waals surface area contributed by atoms with Gasteiger partial charge in [0, 0.05) is 12.5 Å². The SMILES string of the molecule is C[C@H](NC(=O)OCc1ccccc1)C(=O)N[C@@H](C)CC(=O)OCCC(C)(C)O. The van der Waals surface area contributed by atoms with Crippen LogP contribution in [-0.4, -0.2) is 47.4 Å². The molecule has 8 heteroatoms. The van der Waals surface area contributed by atoms with E-state index in [9.17, 15) is 19.5 Å². The summed E-state index contributed by atoms with van der Waals surface area (Å²) < 4.78 is 10.1. The van der Waals surface area contributed by atoms with Gasteiger partial charge in [-0.05, 0) is 33.3 Å². The third kappa shape index (κ3) is 10.5. The molecule has 3 N–H and O–H groups in total. The second-order valence-electron chi connectivity index (χ2n) is 7.32. The van der Waals surface area contributed by atoms with E-state index in [4.69, 9.17) is 9.47 Å². The van der Waals surface area contributed by atoms with Crippen molar-refractivity contribution in [3.63, 3.8) is 0 Å². The number of hydrogen-bond donors (Lipinski definition) is 3. The third-order valence-corrected chi connectivity index (χ3v) is 3.78. The van der Waals surface area contributed by atoms with E-state index in [1.54, 1.807) is 20.8 Å². The van der Waals surface area contributed by atoms with Crippen LogP contribution in [0.1, 0.15) is 46.1 Å². The first-order valence-electron chi connectivity index (χ1n) is 9.22. The Hall–Kier alpha value is -2.61. The zero-order chi connectivity index (χ0) is 21.2. The number of ether oxygens (including phenoxy) is 2. The summed E-state index contributed by atoms with van der Waals surface area (Å²) in [7, 11) is 0. The van der Waals surface area contributed by atoms with Crippen molar-refractivity contribution in [2.24, 2.45) is 0 Å². The number of aliphatic hydroxyl groups is 1. The zero-order valence-corrected chi connectivity index (χ0v) is 16.9. The number of carbonyl (C=O) groups is 3. The van der Waals surface area contributed by atoms with E-state index in [0.717, 1.165) is 5.56 Å². The van der Waals surface area contributed by atoms with Crippen molar-refractivity contribution in [1.29, 1.82) is 0 Å². The van der Waals surface area contributed by atoms with E-state index in [-0.39, 0.29) is 19.6 Å². The number of amides is 2. The number of alkyl carbamates (subject to hydrolysis) is 1. The Morgan fingerprint density at radius 3 is 2.32 bits per heavy atom. The van der Waals surface area contributed by atoms with Gasteiger partial charge in [0.2, 0.25) is 5.91 Å². The average molecular weight is 394 g/mol. The number of esters is 1. The molecule has 0 unspecified atom stereocenters. The van der Waals surface area contributed by atoms with E-state index in [1.165, 1.54) is 6.92 Å². The van der Waals surface area contributed by atoms with Crippen molar-refractivity contribution in [3.8, 4) is 0 Å². The van der Waals surface area contributed by atoms with Crippen molar-refractivity contribution in [3.05, 3.63) is 35.9 Å². The molecular weight excluding hydrogens is 364 g/mol. The van der Waals surface area contributed by atoms with Crippen LogP contribution in [0.25, 0.3) is 0 Å². The Morgan fingerprint density at radius 2 is 1.71 bits per heavy atom. The fraction of sp³-hybridized carbons (Fsp3) is 0.550. The molecule has 0 aliphatic heterocycles. The van der Waals surface area contributed by atoms with E-state index in [0.29, 0.717) is 6.42 Å². The Labute approximate surface area is 165 Å². The van der Waals surface area contributed by atoms with Gasteiger partial charge in [-0.15, -0.1) is 0 Å². The van der Waals surface area contributed by atoms with E-state index in [2.05, 4.69) is 10.6 Å². The third-order valence-electron chi connectivity index (χ3n) is 3.78. The smallest absolute Gasteiger partial charge is 0.408 e. The van der Waals surface area contributed by atoms with Crippen LogP contribution < -0.4 is 10.6 Å². The van der Waals surface area contributed by atoms with Gasteiger partial charge < -0.3 is 25.2 Å². The van der Waals surface area contributed by atoms with Gasteiger partial charge in [0.15, 0.2) is 0 Å². The highest BCUT2D eigenvalue weighted by Crippen LogP contribution is 2.07. The molecule has 0 spiro atoms. The molecule has 0 aliphatic rings. The first kappa shape index (κ1) is 23.4. The number of rotatable bonds is 10. The standard InChI is InChI=1S/C20H30N2O6/c1-14(12-17(23)27-11-10-20(3,4)26)21-18(24)15(2)22-19(25)28-13-16-8-6-5-7-9-16/h5-9,14-15,26H,10-13H2,1-4H3,(H,21,24)(H,22,25)/t14-,15-/m0/s1. The highest BCUT2D eigenvalue weighted by Gasteiger charge is 2.20. The number of carbonyl (C=O) groups excluding carboxylic acids is 3. The summed E-state index contributed by atoms with van der Waals surface area (Å²) in [6, 6.07) is 7.90. The maximum Gasteiger partial charge on any atom is 0.408 e. The molecule has 0 heterocycles. The van der Waals surface area contributed by atoms with Crippen molar-refractivity contribution in [2.45, 2.75) is 64.8 Å². The molecule has 0 fully saturated rings. The fourth-order valence-electron chi connectivity index (χ4n) is 2.15. The van der Waals surface area contributed by atoms with Crippen LogP contribution in [0.5, 0.6) is 0 Å². The van der Waals surface area contributed by atoms with Gasteiger partial charge in [0.25, 0.3) is 0 Å². The Morgan fingerprint density at radius 1 is 1.07 bits per heavy atom. The summed E-state index contributed by atoms with van der Waals surface area (Å²) in [5.41, 5.74) is -0.0671. The lowest BCUT2D eigenvalue weighted by Gasteiger charge is -2.19. The topological polar surface area (TPSA) is 114 Å². The Kier molecular flexibility index (Phi) is 9.44. The van der Waals surface area contributed by atoms with Gasteiger partial charge >= 0.3 is 12.1 Å². The molecule has 0 radical (unpaired) electrons. The molecule has 0 bridgehead atoms. The van der Waals surface area contributed by atoms with Gasteiger partial charge in [0.1, 0.15) is 12.6 Å². The molecule has 0 aliphatic carbocycles. The number of hydrogen-bond acceptors (Lipinski definition) is 6. The summed E-state index contributed by atoms with van der Waals surface area (Å²) in [5, 5.41) is 14.7. The van der Waals surface area contributed by atoms with Gasteiger partial charge in [-0.3, -0.25) is 9.59 Å². The fourth-order valence-corrected chi connectivity index (χ4v) is 2.15. The maximum atomic E-state index is 12.1. The monoisotopic (exact) mass is 394 g/mol. The lowest BCUT2D eigenvalue weighted by Crippen LogP contribution is -2.48. The van der Waals surface area contributed by atoms with Gasteiger partial charge in [0.05, 0.1) is 18.6 Å². The summed E-state index contributed by atoms with van der Waals surface area (Å²) in [4.78, 5) is 35.7. The van der Waals surface area contributed by atoms with Crippen LogP contribution in [-0.2, 0) is 25.7 Å². The molecule has 28 heavy (non-hydrogen) atoms. The zero-order valence-electron chi connectivity index (χ0n) is 16.9. The minimum absolute atomic E-state index is 0.0111. The van der Waals surface area contributed by atoms with Crippen LogP contribution in [0.3, 0.4) is 0 Å². The summed E-state index contributed by atoms with van der Waals surface area (Å²) >= 11 is 0. The maximum absolute atomic E-state index is 12.1. The van der Waals surface area contributed by atoms with E-state index >= 15 is 0 Å². The average Bonchev–Trinajstić information content (AvgIpc) is 2.59. The molecule has 1 rings (SSSR count). The molecule has 0 saturated carbocycles. The van der Waals surface area contributed by atoms with Crippen LogP contribution in [0.2, 0.25) is 0 Å². The van der Waals surface area contributed by atoms with Crippen molar-refractivity contribution in [1.82, 2.24) is 10.6 Å². The first-order chi connectivity index (χ1) is 13.1. The van der Waals surface area contributed by atoms with Gasteiger partial charge in [-0.1, -0.05) is 30.3 Å². The minimum atomic E-state index is -0.906. The van der Waals surface area contributed by atoms with Crippen LogP contribution in [0.15, 0.2) is 30.3 Å². The predicted molar refractivity (Wildman–Crippen MR) is 103 cm³/mol. The summed E-state index contributed by atoms with van der Waals surface area (Å²) in [6.45, 7) is 6.65. The Bertz CT molecular complexity index is 642. The number of benzene rings is 1. The van der Waals surface area contributed by atoms with Crippen LogP contribution in [0.4, 0.5) is 4.79 Å². The van der Waals surface area contributed by atoms with Gasteiger partial charge in [-0.2, -0.15) is 0 Å². The van der Waals surface area contributed by atoms with Crippen LogP contribution in [0, 0.1) is 0 Å². The van der Waals surface area contributed by atoms with E-state index < -0.39 is 35.7 Å². The lowest BCUT2D eigenvalue weighted by molar-refractivity contribution is -0.145. The van der Waals surface area contributed by atoms with Gasteiger partial charge in [-0.25, -0.2) is 4.79 Å². The second-order valence-corrected chi connectivity index (χ2v) is 7.32. The summed E-state index contributed by atoms with van der Waals surface area (Å²) in [5.74, 6) is -0.909. The minimum Gasteiger partial charge on any atom is -0.466 e. The highest BCUT2D eigenvalue weighted by atomic mass is 16.5. The predicted octanol–water partition coefficient (Wildman–Crippen LogP) is 1.90. The molecular formula is C20H30N2O6. The molecule has 156 valence electrons. The normalized spacial score (nSPS) is 13.2. The molecule has 1 aromatic carbocycles. The molecule has 0 saturated heterocycles. The molecule has 2 atom stereocenters. The molecule has 8 nitrogen and oxygen atoms in total. The van der Waals surface area contributed by atoms with Crippen molar-refractivity contribution < 1.29 is 29.0 Å². The van der Waals surface area contributed by atoms with E-state index in [1.807, 2.05) is 30.3 Å². The Balaban J connectivity index is 2.28. The lowest BCUT2D eigenvalue weighted by atomic mass is 10.1. The van der Waals surface area contributed by atoms with Crippen molar-refractivity contribution in [2.75, 3.05) is 6.61 Å². The molecule has 1 aromatic rings. The second kappa shape index (κ2) is 11.3.